The lowest BCUT2D eigenvalue weighted by Gasteiger charge is -2.19. The summed E-state index contributed by atoms with van der Waals surface area (Å²) in [6, 6.07) is 7.57. The third-order valence-electron chi connectivity index (χ3n) is 5.24. The van der Waals surface area contributed by atoms with Gasteiger partial charge in [-0.25, -0.2) is 5.43 Å². The lowest BCUT2D eigenvalue weighted by atomic mass is 10.0. The Morgan fingerprint density at radius 3 is 2.72 bits per heavy atom. The minimum Gasteiger partial charge on any atom is -0.463 e. The molecule has 4 heterocycles. The van der Waals surface area contributed by atoms with E-state index in [4.69, 9.17) is 4.42 Å². The van der Waals surface area contributed by atoms with Gasteiger partial charge in [-0.1, -0.05) is 0 Å². The Kier molecular flexibility index (Phi) is 5.03. The fraction of sp³-hybridized carbons (Fsp3) is 0.227. The van der Waals surface area contributed by atoms with E-state index >= 15 is 0 Å². The molecule has 0 unspecified atom stereocenters. The maximum absolute atomic E-state index is 12.3. The zero-order valence-electron chi connectivity index (χ0n) is 16.7. The van der Waals surface area contributed by atoms with Crippen molar-refractivity contribution < 1.29 is 9.21 Å². The number of rotatable bonds is 6. The first-order valence-electron chi connectivity index (χ1n) is 9.47. The second-order valence-corrected chi connectivity index (χ2v) is 7.08. The average Bonchev–Trinajstić information content (AvgIpc) is 3.43. The monoisotopic (exact) mass is 389 g/mol. The highest BCUT2D eigenvalue weighted by molar-refractivity contribution is 6.32. The summed E-state index contributed by atoms with van der Waals surface area (Å²) in [6.07, 6.45) is 7.91. The molecule has 0 spiro atoms. The molecule has 7 heteroatoms. The van der Waals surface area contributed by atoms with Crippen LogP contribution in [0.5, 0.6) is 0 Å². The second-order valence-electron chi connectivity index (χ2n) is 7.08. The molecule has 29 heavy (non-hydrogen) atoms. The van der Waals surface area contributed by atoms with E-state index in [0.29, 0.717) is 17.0 Å². The number of hydrazone groups is 1. The molecular weight excluding hydrogens is 366 g/mol. The van der Waals surface area contributed by atoms with Crippen LogP contribution in [0.3, 0.4) is 0 Å². The zero-order chi connectivity index (χ0) is 20.4. The number of carbonyl (C=O) groups excluding carboxylic acids is 1. The molecule has 0 saturated carbocycles. The summed E-state index contributed by atoms with van der Waals surface area (Å²) in [7, 11) is 2.07. The van der Waals surface area contributed by atoms with E-state index in [1.54, 1.807) is 30.8 Å². The minimum absolute atomic E-state index is 0.234. The van der Waals surface area contributed by atoms with E-state index in [1.165, 1.54) is 5.56 Å². The Morgan fingerprint density at radius 1 is 1.21 bits per heavy atom. The Balaban J connectivity index is 1.56. The number of H-pyrrole nitrogens is 1. The largest absolute Gasteiger partial charge is 0.463 e. The van der Waals surface area contributed by atoms with Crippen LogP contribution in [-0.4, -0.2) is 35.2 Å². The average molecular weight is 389 g/mol. The number of nitrogens with zero attached hydrogens (tertiary/aromatic N) is 3. The number of carbonyl (C=O) groups is 1. The summed E-state index contributed by atoms with van der Waals surface area (Å²) in [6.45, 7) is 5.01. The predicted molar refractivity (Wildman–Crippen MR) is 113 cm³/mol. The third-order valence-corrected chi connectivity index (χ3v) is 5.24. The Labute approximate surface area is 169 Å². The highest BCUT2D eigenvalue weighted by atomic mass is 16.3. The zero-order valence-corrected chi connectivity index (χ0v) is 16.7. The van der Waals surface area contributed by atoms with Crippen molar-refractivity contribution in [1.29, 1.82) is 0 Å². The number of furan rings is 1. The molecule has 148 valence electrons. The number of nitrogens with one attached hydrogen (secondary N) is 2. The molecule has 2 N–H and O–H groups in total. The molecule has 4 rings (SSSR count). The number of aryl methyl sites for hydroxylation is 1. The highest BCUT2D eigenvalue weighted by Crippen LogP contribution is 2.24. The van der Waals surface area contributed by atoms with Crippen LogP contribution in [0.15, 0.2) is 58.0 Å². The lowest BCUT2D eigenvalue weighted by molar-refractivity contribution is -0.116. The van der Waals surface area contributed by atoms with Gasteiger partial charge in [-0.05, 0) is 61.7 Å². The third kappa shape index (κ3) is 3.71. The molecule has 0 atom stereocenters. The molecule has 1 amide bonds. The van der Waals surface area contributed by atoms with Gasteiger partial charge in [-0.3, -0.25) is 9.78 Å². The van der Waals surface area contributed by atoms with Crippen molar-refractivity contribution >= 4 is 23.4 Å². The number of likely N-dealkylation sites (N-methyl/N-ethyl adjacent to an activating group) is 1. The summed E-state index contributed by atoms with van der Waals surface area (Å²) in [4.78, 5) is 22.0. The second kappa shape index (κ2) is 7.79. The van der Waals surface area contributed by atoms with Crippen molar-refractivity contribution in [3.05, 3.63) is 76.8 Å². The number of amides is 1. The van der Waals surface area contributed by atoms with Crippen LogP contribution in [0.25, 0.3) is 6.08 Å². The van der Waals surface area contributed by atoms with Gasteiger partial charge in [0.05, 0.1) is 11.8 Å². The van der Waals surface area contributed by atoms with E-state index in [9.17, 15) is 4.79 Å². The van der Waals surface area contributed by atoms with Gasteiger partial charge < -0.3 is 14.3 Å². The maximum Gasteiger partial charge on any atom is 0.273 e. The van der Waals surface area contributed by atoms with E-state index in [-0.39, 0.29) is 5.91 Å². The Bertz CT molecular complexity index is 1080. The SMILES string of the molecule is Cc1[nH]c(/C=C2/C(=O)NN=C2c2ccco2)c(C)c1CCN(C)c1ccncc1. The molecule has 0 radical (unpaired) electrons. The molecule has 0 fully saturated rings. The molecule has 1 aliphatic heterocycles. The van der Waals surface area contributed by atoms with Crippen LogP contribution in [0, 0.1) is 13.8 Å². The van der Waals surface area contributed by atoms with Gasteiger partial charge in [0.1, 0.15) is 5.71 Å². The van der Waals surface area contributed by atoms with Crippen LogP contribution in [0.4, 0.5) is 5.69 Å². The van der Waals surface area contributed by atoms with Crippen LogP contribution >= 0.6 is 0 Å². The standard InChI is InChI=1S/C22H23N5O2/c1-14-17(8-11-27(3)16-6-9-23-10-7-16)15(2)24-19(14)13-18-21(25-26-22(18)28)20-5-4-12-29-20/h4-7,9-10,12-13,24H,8,11H2,1-3H3,(H,26,28)/b18-13+. The maximum atomic E-state index is 12.3. The molecule has 7 nitrogen and oxygen atoms in total. The Hall–Kier alpha value is -3.61. The first-order chi connectivity index (χ1) is 14.0. The number of hydrogen-bond acceptors (Lipinski definition) is 5. The van der Waals surface area contributed by atoms with E-state index in [0.717, 1.165) is 35.6 Å². The molecule has 3 aromatic heterocycles. The summed E-state index contributed by atoms with van der Waals surface area (Å²) in [5, 5.41) is 4.12. The van der Waals surface area contributed by atoms with Crippen molar-refractivity contribution in [2.45, 2.75) is 20.3 Å². The predicted octanol–water partition coefficient (Wildman–Crippen LogP) is 3.22. The summed E-state index contributed by atoms with van der Waals surface area (Å²) in [5.41, 5.74) is 9.08. The van der Waals surface area contributed by atoms with Gasteiger partial charge in [0.15, 0.2) is 5.76 Å². The quantitative estimate of drug-likeness (QED) is 0.634. The van der Waals surface area contributed by atoms with Gasteiger partial charge in [-0.2, -0.15) is 5.10 Å². The molecule has 0 saturated heterocycles. The molecule has 0 bridgehead atoms. The van der Waals surface area contributed by atoms with Crippen LogP contribution in [0.1, 0.15) is 28.3 Å². The van der Waals surface area contributed by atoms with E-state index < -0.39 is 0 Å². The number of hydrogen-bond donors (Lipinski definition) is 2. The topological polar surface area (TPSA) is 86.5 Å². The first kappa shape index (κ1) is 18.7. The molecule has 0 aromatic carbocycles. The van der Waals surface area contributed by atoms with Crippen LogP contribution in [-0.2, 0) is 11.2 Å². The number of anilines is 1. The molecule has 0 aliphatic carbocycles. The van der Waals surface area contributed by atoms with Gasteiger partial charge in [0, 0.05) is 43.1 Å². The van der Waals surface area contributed by atoms with Gasteiger partial charge >= 0.3 is 0 Å². The van der Waals surface area contributed by atoms with Crippen molar-refractivity contribution in [3.8, 4) is 0 Å². The van der Waals surface area contributed by atoms with Crippen molar-refractivity contribution in [2.24, 2.45) is 5.10 Å². The van der Waals surface area contributed by atoms with Crippen molar-refractivity contribution in [3.63, 3.8) is 0 Å². The fourth-order valence-corrected chi connectivity index (χ4v) is 3.56. The summed E-state index contributed by atoms with van der Waals surface area (Å²) < 4.78 is 5.42. The normalized spacial score (nSPS) is 14.9. The first-order valence-corrected chi connectivity index (χ1v) is 9.47. The van der Waals surface area contributed by atoms with Crippen LogP contribution in [0.2, 0.25) is 0 Å². The number of aromatic amines is 1. The molecule has 3 aromatic rings. The fourth-order valence-electron chi connectivity index (χ4n) is 3.56. The van der Waals surface area contributed by atoms with Gasteiger partial charge in [-0.15, -0.1) is 0 Å². The summed E-state index contributed by atoms with van der Waals surface area (Å²) in [5.74, 6) is 0.330. The minimum atomic E-state index is -0.234. The van der Waals surface area contributed by atoms with Gasteiger partial charge in [0.2, 0.25) is 0 Å². The van der Waals surface area contributed by atoms with E-state index in [2.05, 4.69) is 46.3 Å². The van der Waals surface area contributed by atoms with E-state index in [1.807, 2.05) is 18.2 Å². The van der Waals surface area contributed by atoms with Crippen LogP contribution < -0.4 is 10.3 Å². The lowest BCUT2D eigenvalue weighted by Crippen LogP contribution is -2.20. The Morgan fingerprint density at radius 2 is 2.00 bits per heavy atom. The number of aromatic nitrogens is 2. The van der Waals surface area contributed by atoms with Crippen molar-refractivity contribution in [1.82, 2.24) is 15.4 Å². The van der Waals surface area contributed by atoms with Gasteiger partial charge in [0.25, 0.3) is 5.91 Å². The molecule has 1 aliphatic rings. The number of pyridine rings is 1. The highest BCUT2D eigenvalue weighted by Gasteiger charge is 2.26. The molecular formula is C22H23N5O2. The van der Waals surface area contributed by atoms with Crippen molar-refractivity contribution in [2.75, 3.05) is 18.5 Å². The summed E-state index contributed by atoms with van der Waals surface area (Å²) >= 11 is 0. The smallest absolute Gasteiger partial charge is 0.273 e.